The van der Waals surface area contributed by atoms with Gasteiger partial charge < -0.3 is 49.2 Å². The van der Waals surface area contributed by atoms with Gasteiger partial charge in [-0.15, -0.1) is 0 Å². The second-order valence-electron chi connectivity index (χ2n) is 8.59. The van der Waals surface area contributed by atoms with Gasteiger partial charge in [-0.1, -0.05) is 30.3 Å². The van der Waals surface area contributed by atoms with E-state index < -0.39 is 73.8 Å². The summed E-state index contributed by atoms with van der Waals surface area (Å²) in [5.74, 6) is -4.02. The third kappa shape index (κ3) is 7.72. The van der Waals surface area contributed by atoms with E-state index in [0.717, 1.165) is 18.9 Å². The molecule has 2 heterocycles. The number of aliphatic hydroxyl groups is 4. The molecule has 0 saturated carbocycles. The second kappa shape index (κ2) is 14.0. The summed E-state index contributed by atoms with van der Waals surface area (Å²) in [6.45, 7) is -1.09. The highest BCUT2D eigenvalue weighted by Crippen LogP contribution is 2.35. The lowest BCUT2D eigenvalue weighted by atomic mass is 9.86. The zero-order valence-corrected chi connectivity index (χ0v) is 20.9. The molecule has 0 amide bonds. The van der Waals surface area contributed by atoms with Crippen LogP contribution in [0.5, 0.6) is 0 Å². The minimum atomic E-state index is -1.78. The maximum absolute atomic E-state index is 12.2. The molecule has 5 N–H and O–H groups in total. The number of hydrogen-bond donors (Lipinski definition) is 5. The first-order valence-corrected chi connectivity index (χ1v) is 11.9. The summed E-state index contributed by atoms with van der Waals surface area (Å²) in [6.07, 6.45) is -5.13. The Morgan fingerprint density at radius 1 is 1.05 bits per heavy atom. The lowest BCUT2D eigenvalue weighted by Gasteiger charge is -2.41. The molecule has 7 unspecified atom stereocenters. The van der Waals surface area contributed by atoms with E-state index >= 15 is 0 Å². The summed E-state index contributed by atoms with van der Waals surface area (Å²) < 4.78 is 26.3. The van der Waals surface area contributed by atoms with Crippen molar-refractivity contribution in [1.82, 2.24) is 0 Å². The number of methoxy groups -OCH3 is 1. The average Bonchev–Trinajstić information content (AvgIpc) is 2.93. The van der Waals surface area contributed by atoms with E-state index in [1.807, 2.05) is 6.07 Å². The Morgan fingerprint density at radius 3 is 2.41 bits per heavy atom. The van der Waals surface area contributed by atoms with Crippen LogP contribution in [0.2, 0.25) is 0 Å². The predicted octanol–water partition coefficient (Wildman–Crippen LogP) is -0.510. The molecule has 212 valence electrons. The standard InChI is InChI=1S/C26H30O13/c1-35-20(29)11-16-15(9-10-36-19(28)8-7-14-5-3-2-4-6-14)25(37-13-17(16)24(33)34)39-26-23(32)22(31)21(30)18(12-27)38-26/h2-9,13,16,18,21-23,25-27,30-32H,10-12H2,1H3,(H,33,34). The molecular formula is C26H30O13. The number of carboxylic acids is 1. The van der Waals surface area contributed by atoms with Crippen molar-refractivity contribution in [3.05, 3.63) is 65.5 Å². The van der Waals surface area contributed by atoms with Gasteiger partial charge in [-0.25, -0.2) is 9.59 Å². The number of rotatable bonds is 10. The van der Waals surface area contributed by atoms with E-state index in [1.165, 1.54) is 18.2 Å². The first-order valence-electron chi connectivity index (χ1n) is 11.9. The predicted molar refractivity (Wildman–Crippen MR) is 130 cm³/mol. The molecule has 1 aromatic rings. The third-order valence-electron chi connectivity index (χ3n) is 6.08. The molecule has 13 heteroatoms. The molecular weight excluding hydrogens is 520 g/mol. The first kappa shape index (κ1) is 30.0. The second-order valence-corrected chi connectivity index (χ2v) is 8.59. The van der Waals surface area contributed by atoms with Crippen LogP contribution in [0.15, 0.2) is 59.9 Å². The van der Waals surface area contributed by atoms with E-state index in [-0.39, 0.29) is 17.8 Å². The number of carbonyl (C=O) groups is 3. The smallest absolute Gasteiger partial charge is 0.335 e. The lowest BCUT2D eigenvalue weighted by molar-refractivity contribution is -0.327. The Kier molecular flexibility index (Phi) is 10.7. The SMILES string of the molecule is COC(=O)CC1C(C(=O)O)=COC(OC2OC(CO)C(O)C(O)C2O)C1=CCOC(=O)C=Cc1ccccc1. The number of aliphatic carboxylic acids is 1. The molecule has 1 saturated heterocycles. The van der Waals surface area contributed by atoms with Crippen LogP contribution in [0, 0.1) is 5.92 Å². The zero-order chi connectivity index (χ0) is 28.5. The van der Waals surface area contributed by atoms with Gasteiger partial charge >= 0.3 is 17.9 Å². The van der Waals surface area contributed by atoms with Crippen LogP contribution in [0.1, 0.15) is 12.0 Å². The van der Waals surface area contributed by atoms with Gasteiger partial charge in [0.2, 0.25) is 6.29 Å². The van der Waals surface area contributed by atoms with Crippen LogP contribution in [0.4, 0.5) is 0 Å². The molecule has 0 bridgehead atoms. The molecule has 1 fully saturated rings. The summed E-state index contributed by atoms with van der Waals surface area (Å²) in [5.41, 5.74) is 0.462. The first-order chi connectivity index (χ1) is 18.7. The topological polar surface area (TPSA) is 199 Å². The highest BCUT2D eigenvalue weighted by atomic mass is 16.8. The van der Waals surface area contributed by atoms with Crippen LogP contribution in [-0.2, 0) is 38.1 Å². The van der Waals surface area contributed by atoms with Crippen LogP contribution in [-0.4, -0.2) is 101 Å². The van der Waals surface area contributed by atoms with Crippen molar-refractivity contribution in [1.29, 1.82) is 0 Å². The highest BCUT2D eigenvalue weighted by molar-refractivity contribution is 5.89. The van der Waals surface area contributed by atoms with Crippen LogP contribution >= 0.6 is 0 Å². The van der Waals surface area contributed by atoms with Crippen molar-refractivity contribution in [2.75, 3.05) is 20.3 Å². The molecule has 0 aliphatic carbocycles. The largest absolute Gasteiger partial charge is 0.478 e. The summed E-state index contributed by atoms with van der Waals surface area (Å²) in [4.78, 5) is 36.2. The fraction of sp³-hybridized carbons (Fsp3) is 0.423. The number of esters is 2. The maximum Gasteiger partial charge on any atom is 0.335 e. The van der Waals surface area contributed by atoms with Crippen molar-refractivity contribution in [3.8, 4) is 0 Å². The number of benzene rings is 1. The van der Waals surface area contributed by atoms with Crippen molar-refractivity contribution < 1.29 is 63.6 Å². The van der Waals surface area contributed by atoms with Gasteiger partial charge in [0.05, 0.1) is 32.0 Å². The van der Waals surface area contributed by atoms with Crippen molar-refractivity contribution in [2.24, 2.45) is 5.92 Å². The fourth-order valence-corrected chi connectivity index (χ4v) is 3.96. The van der Waals surface area contributed by atoms with E-state index in [4.69, 9.17) is 18.9 Å². The number of hydrogen-bond acceptors (Lipinski definition) is 12. The molecule has 2 aliphatic heterocycles. The summed E-state index contributed by atoms with van der Waals surface area (Å²) >= 11 is 0. The van der Waals surface area contributed by atoms with E-state index in [0.29, 0.717) is 0 Å². The molecule has 3 rings (SSSR count). The lowest BCUT2D eigenvalue weighted by Crippen LogP contribution is -2.60. The minimum Gasteiger partial charge on any atom is -0.478 e. The summed E-state index contributed by atoms with van der Waals surface area (Å²) in [6, 6.07) is 8.97. The molecule has 0 spiro atoms. The van der Waals surface area contributed by atoms with Crippen molar-refractivity contribution >= 4 is 24.0 Å². The van der Waals surface area contributed by atoms with Gasteiger partial charge in [-0.3, -0.25) is 4.79 Å². The van der Waals surface area contributed by atoms with Gasteiger partial charge in [0, 0.05) is 17.6 Å². The van der Waals surface area contributed by atoms with Gasteiger partial charge in [0.25, 0.3) is 0 Å². The Labute approximate surface area is 223 Å². The van der Waals surface area contributed by atoms with Gasteiger partial charge in [0.15, 0.2) is 6.29 Å². The Morgan fingerprint density at radius 2 is 1.77 bits per heavy atom. The third-order valence-corrected chi connectivity index (χ3v) is 6.08. The van der Waals surface area contributed by atoms with Gasteiger partial charge in [-0.2, -0.15) is 0 Å². The number of carbonyl (C=O) groups excluding carboxylic acids is 2. The Hall–Kier alpha value is -3.59. The number of carboxylic acid groups (broad SMARTS) is 1. The van der Waals surface area contributed by atoms with Gasteiger partial charge in [0.1, 0.15) is 31.0 Å². The van der Waals surface area contributed by atoms with Crippen molar-refractivity contribution in [3.63, 3.8) is 0 Å². The normalized spacial score (nSPS) is 29.9. The molecule has 2 aliphatic rings. The Balaban J connectivity index is 1.84. The zero-order valence-electron chi connectivity index (χ0n) is 20.9. The molecule has 0 radical (unpaired) electrons. The molecule has 13 nitrogen and oxygen atoms in total. The monoisotopic (exact) mass is 550 g/mol. The summed E-state index contributed by atoms with van der Waals surface area (Å²) in [5, 5.41) is 49.5. The number of ether oxygens (including phenoxy) is 5. The Bertz CT molecular complexity index is 1090. The molecule has 7 atom stereocenters. The maximum atomic E-state index is 12.2. The molecule has 39 heavy (non-hydrogen) atoms. The quantitative estimate of drug-likeness (QED) is 0.142. The van der Waals surface area contributed by atoms with E-state index in [1.54, 1.807) is 24.3 Å². The number of aliphatic hydroxyl groups excluding tert-OH is 4. The average molecular weight is 551 g/mol. The van der Waals surface area contributed by atoms with Crippen LogP contribution in [0.25, 0.3) is 6.08 Å². The van der Waals surface area contributed by atoms with Gasteiger partial charge in [-0.05, 0) is 17.7 Å². The molecule has 0 aromatic heterocycles. The van der Waals surface area contributed by atoms with Crippen molar-refractivity contribution in [2.45, 2.75) is 43.4 Å². The molecule has 1 aromatic carbocycles. The van der Waals surface area contributed by atoms with E-state index in [2.05, 4.69) is 4.74 Å². The fourth-order valence-electron chi connectivity index (χ4n) is 3.96. The van der Waals surface area contributed by atoms with Crippen LogP contribution in [0.3, 0.4) is 0 Å². The highest BCUT2D eigenvalue weighted by Gasteiger charge is 2.46. The van der Waals surface area contributed by atoms with E-state index in [9.17, 15) is 39.9 Å². The minimum absolute atomic E-state index is 0.0251. The van der Waals surface area contributed by atoms with Crippen LogP contribution < -0.4 is 0 Å². The summed E-state index contributed by atoms with van der Waals surface area (Å²) in [7, 11) is 1.12.